The van der Waals surface area contributed by atoms with E-state index in [1.165, 1.54) is 4.90 Å². The van der Waals surface area contributed by atoms with Crippen molar-refractivity contribution in [2.24, 2.45) is 0 Å². The van der Waals surface area contributed by atoms with E-state index in [2.05, 4.69) is 5.32 Å². The fraction of sp³-hybridized carbons (Fsp3) is 0.471. The number of aliphatic carboxylic acids is 1. The van der Waals surface area contributed by atoms with Crippen molar-refractivity contribution in [3.8, 4) is 0 Å². The van der Waals surface area contributed by atoms with Gasteiger partial charge in [0.2, 0.25) is 5.91 Å². The van der Waals surface area contributed by atoms with Crippen LogP contribution in [0.15, 0.2) is 18.2 Å². The molecule has 2 N–H and O–H groups in total. The Hall–Kier alpha value is -2.57. The molecule has 130 valence electrons. The van der Waals surface area contributed by atoms with E-state index in [0.29, 0.717) is 17.8 Å². The summed E-state index contributed by atoms with van der Waals surface area (Å²) in [4.78, 5) is 36.9. The molecule has 0 aliphatic carbocycles. The van der Waals surface area contributed by atoms with E-state index in [1.807, 2.05) is 0 Å². The summed E-state index contributed by atoms with van der Waals surface area (Å²) in [6.07, 6.45) is -0.334. The molecule has 1 amide bonds. The average molecular weight is 334 g/mol. The third-order valence-corrected chi connectivity index (χ3v) is 3.53. The number of hydrogen-bond donors (Lipinski definition) is 2. The van der Waals surface area contributed by atoms with Crippen LogP contribution in [0.3, 0.4) is 0 Å². The number of fused-ring (bicyclic) bond motifs is 1. The Morgan fingerprint density at radius 3 is 2.62 bits per heavy atom. The molecule has 1 aliphatic rings. The number of carboxylic acids is 1. The van der Waals surface area contributed by atoms with Crippen LogP contribution < -0.4 is 5.32 Å². The van der Waals surface area contributed by atoms with Gasteiger partial charge in [0, 0.05) is 19.3 Å². The van der Waals surface area contributed by atoms with Gasteiger partial charge >= 0.3 is 11.9 Å². The molecule has 1 aromatic carbocycles. The number of carbonyl (C=O) groups is 3. The number of ether oxygens (including phenoxy) is 1. The molecule has 2 rings (SSSR count). The zero-order valence-corrected chi connectivity index (χ0v) is 14.3. The second kappa shape index (κ2) is 6.51. The number of carbonyl (C=O) groups excluding carboxylic acids is 2. The smallest absolute Gasteiger partial charge is 0.338 e. The predicted octanol–water partition coefficient (Wildman–Crippen LogP) is 1.87. The molecule has 1 aromatic rings. The van der Waals surface area contributed by atoms with E-state index in [1.54, 1.807) is 46.0 Å². The van der Waals surface area contributed by atoms with Gasteiger partial charge in [0.25, 0.3) is 0 Å². The number of amides is 1. The maximum absolute atomic E-state index is 12.3. The number of hydrogen-bond acceptors (Lipinski definition) is 5. The van der Waals surface area contributed by atoms with Gasteiger partial charge in [-0.05, 0) is 38.5 Å². The lowest BCUT2D eigenvalue weighted by Crippen LogP contribution is -2.39. The Morgan fingerprint density at radius 2 is 2.04 bits per heavy atom. The fourth-order valence-electron chi connectivity index (χ4n) is 2.47. The fourth-order valence-corrected chi connectivity index (χ4v) is 2.47. The first-order valence-corrected chi connectivity index (χ1v) is 7.66. The van der Waals surface area contributed by atoms with Crippen LogP contribution in [0, 0.1) is 0 Å². The Kier molecular flexibility index (Phi) is 4.82. The van der Waals surface area contributed by atoms with Crippen LogP contribution in [-0.2, 0) is 20.9 Å². The van der Waals surface area contributed by atoms with E-state index < -0.39 is 23.6 Å². The Labute approximate surface area is 140 Å². The van der Waals surface area contributed by atoms with Crippen LogP contribution in [0.2, 0.25) is 0 Å². The summed E-state index contributed by atoms with van der Waals surface area (Å²) in [5, 5.41) is 11.9. The third kappa shape index (κ3) is 4.24. The molecule has 0 bridgehead atoms. The topological polar surface area (TPSA) is 95.9 Å². The zero-order chi connectivity index (χ0) is 18.1. The molecule has 0 saturated heterocycles. The van der Waals surface area contributed by atoms with Gasteiger partial charge < -0.3 is 20.1 Å². The monoisotopic (exact) mass is 334 g/mol. The highest BCUT2D eigenvalue weighted by Crippen LogP contribution is 2.26. The minimum absolute atomic E-state index is 0.299. The first-order valence-electron chi connectivity index (χ1n) is 7.66. The van der Waals surface area contributed by atoms with Gasteiger partial charge in [-0.2, -0.15) is 0 Å². The van der Waals surface area contributed by atoms with Gasteiger partial charge in [0.15, 0.2) is 0 Å². The largest absolute Gasteiger partial charge is 0.481 e. The Bertz CT molecular complexity index is 678. The second-order valence-electron chi connectivity index (χ2n) is 6.86. The zero-order valence-electron chi connectivity index (χ0n) is 14.3. The van der Waals surface area contributed by atoms with Crippen LogP contribution in [0.1, 0.15) is 43.1 Å². The molecule has 24 heavy (non-hydrogen) atoms. The number of nitrogens with zero attached hydrogens (tertiary/aromatic N) is 1. The number of likely N-dealkylation sites (N-methyl/N-ethyl adjacent to an activating group) is 1. The van der Waals surface area contributed by atoms with Crippen molar-refractivity contribution in [3.05, 3.63) is 29.3 Å². The van der Waals surface area contributed by atoms with Gasteiger partial charge in [0.1, 0.15) is 11.6 Å². The first-order chi connectivity index (χ1) is 11.1. The van der Waals surface area contributed by atoms with E-state index in [0.717, 1.165) is 5.56 Å². The molecular formula is C17H22N2O5. The molecule has 7 heteroatoms. The second-order valence-corrected chi connectivity index (χ2v) is 6.86. The minimum Gasteiger partial charge on any atom is -0.481 e. The van der Waals surface area contributed by atoms with Crippen LogP contribution in [0.25, 0.3) is 0 Å². The lowest BCUT2D eigenvalue weighted by Gasteiger charge is -2.20. The quantitative estimate of drug-likeness (QED) is 0.819. The van der Waals surface area contributed by atoms with Gasteiger partial charge in [0.05, 0.1) is 12.0 Å². The number of benzene rings is 1. The van der Waals surface area contributed by atoms with E-state index in [9.17, 15) is 14.4 Å². The number of nitrogens with one attached hydrogen (secondary N) is 1. The molecule has 0 fully saturated rings. The summed E-state index contributed by atoms with van der Waals surface area (Å²) in [6, 6.07) is 4.12. The standard InChI is InChI=1S/C17H22N2O5/c1-17(2,3)24-16(23)10-5-6-11-9-19(4)15(22)13(8-14(20)21)18-12(11)7-10/h5-7,13,18H,8-9H2,1-4H3,(H,20,21)/t13-/m0/s1. The SMILES string of the molecule is CN1Cc2ccc(C(=O)OC(C)(C)C)cc2N[C@@H](CC(=O)O)C1=O. The van der Waals surface area contributed by atoms with Gasteiger partial charge in [-0.25, -0.2) is 4.79 Å². The van der Waals surface area contributed by atoms with Crippen LogP contribution >= 0.6 is 0 Å². The van der Waals surface area contributed by atoms with Gasteiger partial charge in [-0.3, -0.25) is 9.59 Å². The highest BCUT2D eigenvalue weighted by Gasteiger charge is 2.29. The summed E-state index contributed by atoms with van der Waals surface area (Å²) >= 11 is 0. The predicted molar refractivity (Wildman–Crippen MR) is 87.7 cm³/mol. The normalized spacial score (nSPS) is 17.6. The molecule has 1 atom stereocenters. The third-order valence-electron chi connectivity index (χ3n) is 3.53. The van der Waals surface area contributed by atoms with E-state index in [-0.39, 0.29) is 12.3 Å². The van der Waals surface area contributed by atoms with Crippen molar-refractivity contribution in [3.63, 3.8) is 0 Å². The van der Waals surface area contributed by atoms with Gasteiger partial charge in [-0.1, -0.05) is 6.07 Å². The van der Waals surface area contributed by atoms with Crippen molar-refractivity contribution < 1.29 is 24.2 Å². The number of carboxylic acid groups (broad SMARTS) is 1. The molecule has 1 aliphatic heterocycles. The van der Waals surface area contributed by atoms with Crippen molar-refractivity contribution in [1.29, 1.82) is 0 Å². The molecule has 1 heterocycles. The molecule has 7 nitrogen and oxygen atoms in total. The lowest BCUT2D eigenvalue weighted by atomic mass is 10.1. The lowest BCUT2D eigenvalue weighted by molar-refractivity contribution is -0.141. The molecular weight excluding hydrogens is 312 g/mol. The van der Waals surface area contributed by atoms with Crippen molar-refractivity contribution in [2.75, 3.05) is 12.4 Å². The highest BCUT2D eigenvalue weighted by molar-refractivity contribution is 5.93. The highest BCUT2D eigenvalue weighted by atomic mass is 16.6. The molecule has 0 unspecified atom stereocenters. The molecule has 0 saturated carbocycles. The van der Waals surface area contributed by atoms with E-state index >= 15 is 0 Å². The maximum Gasteiger partial charge on any atom is 0.338 e. The Balaban J connectivity index is 2.32. The number of esters is 1. The molecule has 0 spiro atoms. The van der Waals surface area contributed by atoms with Crippen molar-refractivity contribution in [2.45, 2.75) is 45.4 Å². The summed E-state index contributed by atoms with van der Waals surface area (Å²) in [6.45, 7) is 5.68. The van der Waals surface area contributed by atoms with Crippen molar-refractivity contribution >= 4 is 23.5 Å². The van der Waals surface area contributed by atoms with Crippen LogP contribution in [0.4, 0.5) is 5.69 Å². The van der Waals surface area contributed by atoms with Crippen LogP contribution in [-0.4, -0.2) is 46.5 Å². The molecule has 0 aromatic heterocycles. The summed E-state index contributed by atoms with van der Waals surface area (Å²) < 4.78 is 5.34. The summed E-state index contributed by atoms with van der Waals surface area (Å²) in [7, 11) is 1.62. The average Bonchev–Trinajstić information content (AvgIpc) is 2.55. The van der Waals surface area contributed by atoms with Crippen molar-refractivity contribution in [1.82, 2.24) is 4.90 Å². The summed E-state index contributed by atoms with van der Waals surface area (Å²) in [5.74, 6) is -1.83. The Morgan fingerprint density at radius 1 is 1.38 bits per heavy atom. The minimum atomic E-state index is -1.07. The van der Waals surface area contributed by atoms with Gasteiger partial charge in [-0.15, -0.1) is 0 Å². The number of anilines is 1. The molecule has 0 radical (unpaired) electrons. The first kappa shape index (κ1) is 17.8. The maximum atomic E-state index is 12.3. The van der Waals surface area contributed by atoms with E-state index in [4.69, 9.17) is 9.84 Å². The summed E-state index contributed by atoms with van der Waals surface area (Å²) in [5.41, 5.74) is 1.12. The van der Waals surface area contributed by atoms with Crippen LogP contribution in [0.5, 0.6) is 0 Å². The number of rotatable bonds is 3.